The molecule has 0 spiro atoms. The van der Waals surface area contributed by atoms with E-state index in [4.69, 9.17) is 4.74 Å². The van der Waals surface area contributed by atoms with Gasteiger partial charge in [-0.3, -0.25) is 0 Å². The van der Waals surface area contributed by atoms with Gasteiger partial charge in [0.25, 0.3) is 0 Å². The molecule has 1 heteroatoms. The predicted octanol–water partition coefficient (Wildman–Crippen LogP) is 8.59. The van der Waals surface area contributed by atoms with Crippen LogP contribution in [-0.4, -0.2) is 5.60 Å². The van der Waals surface area contributed by atoms with Crippen LogP contribution in [0.3, 0.4) is 0 Å². The zero-order chi connectivity index (χ0) is 20.9. The fourth-order valence-corrected chi connectivity index (χ4v) is 5.01. The molecule has 3 rings (SSSR count). The summed E-state index contributed by atoms with van der Waals surface area (Å²) in [4.78, 5) is 0. The van der Waals surface area contributed by atoms with Gasteiger partial charge in [0.2, 0.25) is 0 Å². The second kappa shape index (κ2) is 9.33. The molecule has 0 saturated heterocycles. The molecule has 1 heterocycles. The monoisotopic (exact) mass is 384 g/mol. The third-order valence-electron chi connectivity index (χ3n) is 6.86. The molecule has 1 aromatic rings. The van der Waals surface area contributed by atoms with Gasteiger partial charge in [0, 0.05) is 7.34 Å². The van der Waals surface area contributed by atoms with Gasteiger partial charge in [-0.1, -0.05) is 70.2 Å². The summed E-state index contributed by atoms with van der Waals surface area (Å²) in [5, 5.41) is 0. The summed E-state index contributed by atoms with van der Waals surface area (Å²) in [5.74, 6) is 2.34. The molecule has 0 N–H and O–H groups in total. The van der Waals surface area contributed by atoms with E-state index in [0.717, 1.165) is 12.2 Å². The molecular formula is C27H44O. The summed E-state index contributed by atoms with van der Waals surface area (Å²) in [6.45, 7) is 19.9. The number of hydrogen-bond donors (Lipinski definition) is 0. The van der Waals surface area contributed by atoms with Crippen LogP contribution in [0.1, 0.15) is 105 Å². The molecule has 2 atom stereocenters. The van der Waals surface area contributed by atoms with Gasteiger partial charge in [0.15, 0.2) is 0 Å². The van der Waals surface area contributed by atoms with Gasteiger partial charge in [0.1, 0.15) is 11.4 Å². The molecule has 0 aromatic heterocycles. The van der Waals surface area contributed by atoms with Crippen molar-refractivity contribution >= 4 is 0 Å². The number of ether oxygens (including phenoxy) is 1. The third-order valence-corrected chi connectivity index (χ3v) is 6.86. The molecule has 2 aliphatic rings. The highest BCUT2D eigenvalue weighted by Gasteiger charge is 2.44. The summed E-state index contributed by atoms with van der Waals surface area (Å²) in [5.41, 5.74) is 4.54. The first-order valence-corrected chi connectivity index (χ1v) is 11.2. The van der Waals surface area contributed by atoms with Gasteiger partial charge in [-0.25, -0.2) is 0 Å². The molecule has 0 bridgehead atoms. The topological polar surface area (TPSA) is 9.23 Å². The first-order chi connectivity index (χ1) is 13.2. The summed E-state index contributed by atoms with van der Waals surface area (Å²) in [6, 6.07) is 7.12. The zero-order valence-electron chi connectivity index (χ0n) is 19.2. The SMILES string of the molecule is C=C.CCCCCCC(C)(C)c1ccc2c(c1)OC(C)(C)[C@H]1CC=C(C)CC21.[HH]. The van der Waals surface area contributed by atoms with Crippen LogP contribution in [0.5, 0.6) is 5.75 Å². The van der Waals surface area contributed by atoms with Crippen molar-refractivity contribution in [2.75, 3.05) is 0 Å². The van der Waals surface area contributed by atoms with Crippen LogP contribution >= 0.6 is 0 Å². The summed E-state index contributed by atoms with van der Waals surface area (Å²) in [7, 11) is 0. The van der Waals surface area contributed by atoms with E-state index < -0.39 is 0 Å². The fourth-order valence-electron chi connectivity index (χ4n) is 5.01. The van der Waals surface area contributed by atoms with E-state index in [1.165, 1.54) is 55.2 Å². The van der Waals surface area contributed by atoms with Crippen LogP contribution < -0.4 is 4.74 Å². The van der Waals surface area contributed by atoms with E-state index in [1.807, 2.05) is 0 Å². The Bertz CT molecular complexity index is 686. The first kappa shape index (κ1) is 22.8. The highest BCUT2D eigenvalue weighted by atomic mass is 16.5. The average Bonchev–Trinajstić information content (AvgIpc) is 2.66. The Morgan fingerprint density at radius 3 is 2.57 bits per heavy atom. The van der Waals surface area contributed by atoms with Crippen LogP contribution in [0, 0.1) is 5.92 Å². The highest BCUT2D eigenvalue weighted by molar-refractivity contribution is 5.46. The smallest absolute Gasteiger partial charge is 0.123 e. The number of hydrogen-bond acceptors (Lipinski definition) is 1. The minimum absolute atomic E-state index is 0. The van der Waals surface area contributed by atoms with Crippen molar-refractivity contribution in [3.63, 3.8) is 0 Å². The van der Waals surface area contributed by atoms with Crippen molar-refractivity contribution in [1.29, 1.82) is 0 Å². The average molecular weight is 385 g/mol. The number of rotatable bonds is 6. The molecule has 0 fully saturated rings. The minimum atomic E-state index is -0.0846. The zero-order valence-corrected chi connectivity index (χ0v) is 19.2. The van der Waals surface area contributed by atoms with Gasteiger partial charge in [-0.2, -0.15) is 0 Å². The minimum Gasteiger partial charge on any atom is -0.487 e. The third kappa shape index (κ3) is 4.91. The largest absolute Gasteiger partial charge is 0.487 e. The molecule has 158 valence electrons. The maximum atomic E-state index is 6.57. The van der Waals surface area contributed by atoms with Crippen molar-refractivity contribution in [1.82, 2.24) is 0 Å². The summed E-state index contributed by atoms with van der Waals surface area (Å²) < 4.78 is 6.57. The molecule has 0 saturated carbocycles. The fraction of sp³-hybridized carbons (Fsp3) is 0.630. The maximum Gasteiger partial charge on any atom is 0.123 e. The Labute approximate surface area is 175 Å². The van der Waals surface area contributed by atoms with Gasteiger partial charge in [-0.05, 0) is 68.6 Å². The lowest BCUT2D eigenvalue weighted by Gasteiger charge is -2.47. The lowest BCUT2D eigenvalue weighted by Crippen LogP contribution is -2.45. The molecule has 1 aliphatic carbocycles. The van der Waals surface area contributed by atoms with Crippen LogP contribution in [-0.2, 0) is 5.41 Å². The van der Waals surface area contributed by atoms with Gasteiger partial charge >= 0.3 is 0 Å². The highest BCUT2D eigenvalue weighted by Crippen LogP contribution is 2.52. The molecule has 1 aromatic carbocycles. The molecule has 28 heavy (non-hydrogen) atoms. The van der Waals surface area contributed by atoms with Crippen molar-refractivity contribution in [2.45, 2.75) is 103 Å². The Morgan fingerprint density at radius 2 is 1.89 bits per heavy atom. The molecule has 0 radical (unpaired) electrons. The molecule has 1 nitrogen and oxygen atoms in total. The predicted molar refractivity (Wildman–Crippen MR) is 126 cm³/mol. The summed E-state index contributed by atoms with van der Waals surface area (Å²) in [6.07, 6.45) is 11.3. The van der Waals surface area contributed by atoms with Crippen LogP contribution in [0.4, 0.5) is 0 Å². The van der Waals surface area contributed by atoms with Crippen molar-refractivity contribution in [2.24, 2.45) is 5.92 Å². The Balaban J connectivity index is 0.00000136. The Kier molecular flexibility index (Phi) is 7.59. The van der Waals surface area contributed by atoms with Crippen LogP contribution in [0.2, 0.25) is 0 Å². The number of benzene rings is 1. The number of unbranched alkanes of at least 4 members (excludes halogenated alkanes) is 3. The lowest BCUT2D eigenvalue weighted by atomic mass is 9.67. The Morgan fingerprint density at radius 1 is 1.18 bits per heavy atom. The van der Waals surface area contributed by atoms with Crippen LogP contribution in [0.15, 0.2) is 43.0 Å². The first-order valence-electron chi connectivity index (χ1n) is 11.2. The van der Waals surface area contributed by atoms with E-state index in [9.17, 15) is 0 Å². The molecule has 1 aliphatic heterocycles. The van der Waals surface area contributed by atoms with E-state index in [0.29, 0.717) is 11.8 Å². The van der Waals surface area contributed by atoms with Crippen LogP contribution in [0.25, 0.3) is 0 Å². The molecule has 0 amide bonds. The van der Waals surface area contributed by atoms with Crippen molar-refractivity contribution in [3.8, 4) is 5.75 Å². The molecule has 1 unspecified atom stereocenters. The standard InChI is InChI=1S/C25H38O.C2H4.H2/c1-7-8-9-10-15-24(3,4)19-12-13-20-21-16-18(2)11-14-22(21)25(5,6)26-23(20)17-19;1-2;/h11-13,17,21-22H,7-10,14-16H2,1-6H3;1-2H2;1H/t21?,22-;;/m0../s1. The van der Waals surface area contributed by atoms with Gasteiger partial charge < -0.3 is 4.74 Å². The van der Waals surface area contributed by atoms with Crippen molar-refractivity contribution in [3.05, 3.63) is 54.1 Å². The quantitative estimate of drug-likeness (QED) is 0.352. The van der Waals surface area contributed by atoms with Gasteiger partial charge in [-0.15, -0.1) is 13.2 Å². The van der Waals surface area contributed by atoms with E-state index >= 15 is 0 Å². The van der Waals surface area contributed by atoms with E-state index in [1.54, 1.807) is 0 Å². The second-order valence-corrected chi connectivity index (χ2v) is 9.86. The van der Waals surface area contributed by atoms with Gasteiger partial charge in [0.05, 0.1) is 0 Å². The summed E-state index contributed by atoms with van der Waals surface area (Å²) >= 11 is 0. The van der Waals surface area contributed by atoms with Crippen molar-refractivity contribution < 1.29 is 6.16 Å². The van der Waals surface area contributed by atoms with E-state index in [-0.39, 0.29) is 12.4 Å². The Hall–Kier alpha value is -1.50. The second-order valence-electron chi connectivity index (χ2n) is 9.86. The number of fused-ring (bicyclic) bond motifs is 3. The van der Waals surface area contributed by atoms with E-state index in [2.05, 4.69) is 79.0 Å². The molecular weight excluding hydrogens is 340 g/mol. The normalized spacial score (nSPS) is 22.7. The lowest BCUT2D eigenvalue weighted by molar-refractivity contribution is 0.00837. The maximum absolute atomic E-state index is 6.57. The number of allylic oxidation sites excluding steroid dienone is 2.